The lowest BCUT2D eigenvalue weighted by Gasteiger charge is -2.18. The summed E-state index contributed by atoms with van der Waals surface area (Å²) in [6, 6.07) is 5.79. The highest BCUT2D eigenvalue weighted by molar-refractivity contribution is 7.89. The molecule has 1 amide bonds. The van der Waals surface area contributed by atoms with Crippen molar-refractivity contribution in [3.63, 3.8) is 0 Å². The molecule has 1 aliphatic heterocycles. The maximum Gasteiger partial charge on any atom is 0.228 e. The molecule has 1 heterocycles. The maximum atomic E-state index is 13.2. The van der Waals surface area contributed by atoms with Crippen LogP contribution in [-0.2, 0) is 14.8 Å². The first-order valence-electron chi connectivity index (χ1n) is 8.26. The molecular formula is C17H23FN2O3S. The number of carbonyl (C=O) groups is 1. The Bertz CT molecular complexity index is 750. The number of halogens is 1. The van der Waals surface area contributed by atoms with Crippen LogP contribution in [0.4, 0.5) is 10.1 Å². The zero-order valence-electron chi connectivity index (χ0n) is 14.0. The van der Waals surface area contributed by atoms with Gasteiger partial charge in [0.1, 0.15) is 5.82 Å². The molecule has 0 radical (unpaired) electrons. The summed E-state index contributed by atoms with van der Waals surface area (Å²) in [4.78, 5) is 12.4. The molecule has 0 aromatic heterocycles. The molecule has 24 heavy (non-hydrogen) atoms. The van der Waals surface area contributed by atoms with Crippen LogP contribution in [0.5, 0.6) is 0 Å². The van der Waals surface area contributed by atoms with Crippen LogP contribution in [0.3, 0.4) is 0 Å². The van der Waals surface area contributed by atoms with E-state index in [1.54, 1.807) is 12.1 Å². The lowest BCUT2D eigenvalue weighted by atomic mass is 10.0. The first kappa shape index (κ1) is 17.4. The van der Waals surface area contributed by atoms with E-state index >= 15 is 0 Å². The molecule has 2 aliphatic rings. The molecule has 7 heteroatoms. The summed E-state index contributed by atoms with van der Waals surface area (Å²) in [5.74, 6) is -0.518. The molecule has 5 nitrogen and oxygen atoms in total. The normalized spacial score (nSPS) is 26.9. The van der Waals surface area contributed by atoms with Gasteiger partial charge in [0, 0.05) is 24.7 Å². The van der Waals surface area contributed by atoms with Gasteiger partial charge in [0.15, 0.2) is 0 Å². The Hall–Kier alpha value is -1.47. The average molecular weight is 354 g/mol. The molecule has 2 fully saturated rings. The topological polar surface area (TPSA) is 66.5 Å². The highest BCUT2D eigenvalue weighted by Gasteiger charge is 2.62. The van der Waals surface area contributed by atoms with Crippen molar-refractivity contribution in [3.8, 4) is 0 Å². The number of sulfonamides is 1. The summed E-state index contributed by atoms with van der Waals surface area (Å²) >= 11 is 0. The van der Waals surface area contributed by atoms with Gasteiger partial charge in [0.25, 0.3) is 0 Å². The molecule has 1 spiro atoms. The Balaban J connectivity index is 1.61. The summed E-state index contributed by atoms with van der Waals surface area (Å²) in [5.41, 5.74) is 0.200. The molecule has 1 saturated heterocycles. The van der Waals surface area contributed by atoms with Crippen molar-refractivity contribution in [3.05, 3.63) is 30.1 Å². The third-order valence-corrected chi connectivity index (χ3v) is 7.07. The summed E-state index contributed by atoms with van der Waals surface area (Å²) < 4.78 is 39.4. The fourth-order valence-corrected chi connectivity index (χ4v) is 5.46. The summed E-state index contributed by atoms with van der Waals surface area (Å²) in [6.07, 6.45) is 1.41. The zero-order chi connectivity index (χ0) is 17.5. The van der Waals surface area contributed by atoms with Gasteiger partial charge in [-0.1, -0.05) is 19.9 Å². The standard InChI is InChI=1S/C17H23FN2O3S/c1-12(2)10-24(22,23)20-7-6-17(11-20)9-15(17)16(21)19-14-5-3-4-13(18)8-14/h3-5,8,12,15H,6-7,9-11H2,1-2H3,(H,19,21)/t15-,17+/m1/s1. The first-order chi connectivity index (χ1) is 11.2. The summed E-state index contributed by atoms with van der Waals surface area (Å²) in [6.45, 7) is 4.67. The van der Waals surface area contributed by atoms with Crippen molar-refractivity contribution in [2.45, 2.75) is 26.7 Å². The van der Waals surface area contributed by atoms with E-state index in [0.717, 1.165) is 0 Å². The number of benzene rings is 1. The highest BCUT2D eigenvalue weighted by Crippen LogP contribution is 2.59. The minimum Gasteiger partial charge on any atom is -0.326 e. The predicted molar refractivity (Wildman–Crippen MR) is 90.4 cm³/mol. The monoisotopic (exact) mass is 354 g/mol. The molecular weight excluding hydrogens is 331 g/mol. The second-order valence-electron chi connectivity index (χ2n) is 7.37. The van der Waals surface area contributed by atoms with Crippen LogP contribution in [0, 0.1) is 23.1 Å². The minimum atomic E-state index is -3.25. The van der Waals surface area contributed by atoms with Crippen molar-refractivity contribution in [1.82, 2.24) is 4.31 Å². The number of rotatable bonds is 5. The van der Waals surface area contributed by atoms with Gasteiger partial charge in [0.05, 0.1) is 5.75 Å². The minimum absolute atomic E-state index is 0.0813. The number of hydrogen-bond acceptors (Lipinski definition) is 3. The molecule has 1 saturated carbocycles. The van der Waals surface area contributed by atoms with E-state index in [2.05, 4.69) is 5.32 Å². The average Bonchev–Trinajstić information content (AvgIpc) is 2.97. The first-order valence-corrected chi connectivity index (χ1v) is 9.87. The lowest BCUT2D eigenvalue weighted by molar-refractivity contribution is -0.118. The van der Waals surface area contributed by atoms with Crippen molar-refractivity contribution < 1.29 is 17.6 Å². The Morgan fingerprint density at radius 3 is 2.88 bits per heavy atom. The van der Waals surface area contributed by atoms with Crippen LogP contribution in [0.2, 0.25) is 0 Å². The SMILES string of the molecule is CC(C)CS(=O)(=O)N1CC[C@]2(C[C@@H]2C(=O)Nc2cccc(F)c2)C1. The fourth-order valence-electron chi connectivity index (χ4n) is 3.59. The summed E-state index contributed by atoms with van der Waals surface area (Å²) in [7, 11) is -3.25. The van der Waals surface area contributed by atoms with E-state index < -0.39 is 15.8 Å². The van der Waals surface area contributed by atoms with Crippen molar-refractivity contribution >= 4 is 21.6 Å². The van der Waals surface area contributed by atoms with Crippen LogP contribution >= 0.6 is 0 Å². The van der Waals surface area contributed by atoms with Crippen molar-refractivity contribution in [1.29, 1.82) is 0 Å². The number of nitrogens with one attached hydrogen (secondary N) is 1. The number of carbonyl (C=O) groups excluding carboxylic acids is 1. The van der Waals surface area contributed by atoms with E-state index in [-0.39, 0.29) is 28.9 Å². The maximum absolute atomic E-state index is 13.2. The molecule has 2 atom stereocenters. The Kier molecular flexibility index (Phi) is 4.42. The molecule has 132 valence electrons. The quantitative estimate of drug-likeness (QED) is 0.883. The highest BCUT2D eigenvalue weighted by atomic mass is 32.2. The number of nitrogens with zero attached hydrogens (tertiary/aromatic N) is 1. The Morgan fingerprint density at radius 1 is 1.46 bits per heavy atom. The fraction of sp³-hybridized carbons (Fsp3) is 0.588. The number of anilines is 1. The lowest BCUT2D eigenvalue weighted by Crippen LogP contribution is -2.33. The van der Waals surface area contributed by atoms with E-state index in [9.17, 15) is 17.6 Å². The third-order valence-electron chi connectivity index (χ3n) is 4.89. The van der Waals surface area contributed by atoms with E-state index in [4.69, 9.17) is 0 Å². The van der Waals surface area contributed by atoms with Gasteiger partial charge in [-0.3, -0.25) is 4.79 Å². The Morgan fingerprint density at radius 2 is 2.21 bits per heavy atom. The van der Waals surface area contributed by atoms with Gasteiger partial charge >= 0.3 is 0 Å². The molecule has 3 rings (SSSR count). The molecule has 0 bridgehead atoms. The van der Waals surface area contributed by atoms with E-state index in [1.807, 2.05) is 13.8 Å². The number of amides is 1. The van der Waals surface area contributed by atoms with Crippen molar-refractivity contribution in [2.75, 3.05) is 24.2 Å². The van der Waals surface area contributed by atoms with Gasteiger partial charge in [0.2, 0.25) is 15.9 Å². The molecule has 1 N–H and O–H groups in total. The Labute approximate surface area is 142 Å². The molecule has 0 unspecified atom stereocenters. The third kappa shape index (κ3) is 3.47. The number of hydrogen-bond donors (Lipinski definition) is 1. The second kappa shape index (κ2) is 6.11. The van der Waals surface area contributed by atoms with Crippen LogP contribution in [-0.4, -0.2) is 37.5 Å². The van der Waals surface area contributed by atoms with Gasteiger partial charge in [-0.2, -0.15) is 0 Å². The smallest absolute Gasteiger partial charge is 0.228 e. The van der Waals surface area contributed by atoms with E-state index in [1.165, 1.54) is 16.4 Å². The largest absolute Gasteiger partial charge is 0.326 e. The van der Waals surface area contributed by atoms with Crippen LogP contribution < -0.4 is 5.32 Å². The van der Waals surface area contributed by atoms with Crippen LogP contribution in [0.25, 0.3) is 0 Å². The second-order valence-corrected chi connectivity index (χ2v) is 9.39. The summed E-state index contributed by atoms with van der Waals surface area (Å²) in [5, 5.41) is 2.73. The van der Waals surface area contributed by atoms with Crippen LogP contribution in [0.15, 0.2) is 24.3 Å². The molecule has 1 aromatic carbocycles. The zero-order valence-corrected chi connectivity index (χ0v) is 14.8. The van der Waals surface area contributed by atoms with Gasteiger partial charge in [-0.15, -0.1) is 0 Å². The van der Waals surface area contributed by atoms with Gasteiger partial charge in [-0.05, 0) is 42.4 Å². The van der Waals surface area contributed by atoms with Gasteiger partial charge in [-0.25, -0.2) is 17.1 Å². The predicted octanol–water partition coefficient (Wildman–Crippen LogP) is 2.46. The van der Waals surface area contributed by atoms with E-state index in [0.29, 0.717) is 31.6 Å². The molecule has 1 aromatic rings. The van der Waals surface area contributed by atoms with Crippen molar-refractivity contribution in [2.24, 2.45) is 17.3 Å². The molecule has 1 aliphatic carbocycles. The van der Waals surface area contributed by atoms with Crippen LogP contribution in [0.1, 0.15) is 26.7 Å². The van der Waals surface area contributed by atoms with Gasteiger partial charge < -0.3 is 5.32 Å².